The quantitative estimate of drug-likeness (QED) is 0.313. The second-order valence-corrected chi connectivity index (χ2v) is 7.95. The predicted octanol–water partition coefficient (Wildman–Crippen LogP) is 8.19. The molecule has 0 aromatic heterocycles. The lowest BCUT2D eigenvalue weighted by atomic mass is 9.86. The summed E-state index contributed by atoms with van der Waals surface area (Å²) in [7, 11) is 0. The maximum absolute atomic E-state index is 11.1. The molecule has 0 fully saturated rings. The minimum Gasteiger partial charge on any atom is -0.507 e. The molecule has 6 aromatic rings. The second kappa shape index (κ2) is 7.00. The van der Waals surface area contributed by atoms with E-state index >= 15 is 0 Å². The standard InChI is InChI=1S/C30H20O/c31-28-18-16-22-9-4-6-12-26(22)30(28)29-25-11-5-3-8-21(25)15-17-27(29)24-14-13-20-7-1-2-10-23(20)19-24/h1-19,31H. The monoisotopic (exact) mass is 396 g/mol. The van der Waals surface area contributed by atoms with Crippen molar-refractivity contribution in [3.05, 3.63) is 115 Å². The summed E-state index contributed by atoms with van der Waals surface area (Å²) in [6, 6.07) is 39.8. The lowest BCUT2D eigenvalue weighted by Crippen LogP contribution is -1.90. The summed E-state index contributed by atoms with van der Waals surface area (Å²) in [5.74, 6) is 0.303. The normalized spacial score (nSPS) is 11.4. The van der Waals surface area contributed by atoms with Crippen LogP contribution in [0, 0.1) is 0 Å². The molecule has 146 valence electrons. The number of phenols is 1. The van der Waals surface area contributed by atoms with Gasteiger partial charge >= 0.3 is 0 Å². The summed E-state index contributed by atoms with van der Waals surface area (Å²) in [5.41, 5.74) is 4.23. The van der Waals surface area contributed by atoms with Crippen LogP contribution in [0.1, 0.15) is 0 Å². The summed E-state index contributed by atoms with van der Waals surface area (Å²) in [5, 5.41) is 18.0. The van der Waals surface area contributed by atoms with Crippen molar-refractivity contribution in [1.82, 2.24) is 0 Å². The molecule has 1 nitrogen and oxygen atoms in total. The summed E-state index contributed by atoms with van der Waals surface area (Å²) in [6.07, 6.45) is 0. The highest BCUT2D eigenvalue weighted by molar-refractivity contribution is 6.12. The molecule has 0 unspecified atom stereocenters. The topological polar surface area (TPSA) is 20.2 Å². The molecule has 31 heavy (non-hydrogen) atoms. The zero-order chi connectivity index (χ0) is 20.8. The Morgan fingerprint density at radius 3 is 1.71 bits per heavy atom. The third-order valence-electron chi connectivity index (χ3n) is 6.15. The van der Waals surface area contributed by atoms with E-state index in [4.69, 9.17) is 0 Å². The molecule has 0 bridgehead atoms. The van der Waals surface area contributed by atoms with Gasteiger partial charge in [0, 0.05) is 11.1 Å². The first kappa shape index (κ1) is 17.7. The average molecular weight is 396 g/mol. The van der Waals surface area contributed by atoms with Gasteiger partial charge < -0.3 is 5.11 Å². The molecule has 0 aliphatic heterocycles. The van der Waals surface area contributed by atoms with Crippen molar-refractivity contribution in [3.63, 3.8) is 0 Å². The van der Waals surface area contributed by atoms with Gasteiger partial charge in [0.25, 0.3) is 0 Å². The van der Waals surface area contributed by atoms with Crippen molar-refractivity contribution >= 4 is 32.3 Å². The number of hydrogen-bond acceptors (Lipinski definition) is 1. The van der Waals surface area contributed by atoms with E-state index < -0.39 is 0 Å². The fourth-order valence-corrected chi connectivity index (χ4v) is 4.66. The zero-order valence-corrected chi connectivity index (χ0v) is 16.9. The van der Waals surface area contributed by atoms with E-state index in [9.17, 15) is 5.11 Å². The van der Waals surface area contributed by atoms with Gasteiger partial charge in [0.05, 0.1) is 0 Å². The van der Waals surface area contributed by atoms with Gasteiger partial charge in [0.1, 0.15) is 5.75 Å². The molecule has 6 aromatic carbocycles. The number of fused-ring (bicyclic) bond motifs is 3. The molecule has 1 heteroatoms. The Morgan fingerprint density at radius 1 is 0.419 bits per heavy atom. The molecule has 0 saturated heterocycles. The van der Waals surface area contributed by atoms with Crippen molar-refractivity contribution in [2.45, 2.75) is 0 Å². The van der Waals surface area contributed by atoms with Crippen molar-refractivity contribution in [2.75, 3.05) is 0 Å². The summed E-state index contributed by atoms with van der Waals surface area (Å²) in [6.45, 7) is 0. The molecule has 0 aliphatic rings. The van der Waals surface area contributed by atoms with Crippen LogP contribution in [-0.2, 0) is 0 Å². The van der Waals surface area contributed by atoms with Gasteiger partial charge in [-0.2, -0.15) is 0 Å². The second-order valence-electron chi connectivity index (χ2n) is 7.95. The fraction of sp³-hybridized carbons (Fsp3) is 0. The van der Waals surface area contributed by atoms with Crippen LogP contribution in [0.15, 0.2) is 115 Å². The zero-order valence-electron chi connectivity index (χ0n) is 16.9. The minimum atomic E-state index is 0.303. The molecule has 0 aliphatic carbocycles. The van der Waals surface area contributed by atoms with E-state index in [0.717, 1.165) is 43.8 Å². The first-order valence-corrected chi connectivity index (χ1v) is 10.5. The highest BCUT2D eigenvalue weighted by Gasteiger charge is 2.17. The molecule has 0 atom stereocenters. The number of aromatic hydroxyl groups is 1. The van der Waals surface area contributed by atoms with E-state index in [1.54, 1.807) is 0 Å². The smallest absolute Gasteiger partial charge is 0.124 e. The van der Waals surface area contributed by atoms with E-state index in [2.05, 4.69) is 91.0 Å². The van der Waals surface area contributed by atoms with Crippen molar-refractivity contribution < 1.29 is 5.11 Å². The number of rotatable bonds is 2. The van der Waals surface area contributed by atoms with Gasteiger partial charge in [0.15, 0.2) is 0 Å². The molecule has 0 spiro atoms. The fourth-order valence-electron chi connectivity index (χ4n) is 4.66. The van der Waals surface area contributed by atoms with E-state index in [0.29, 0.717) is 5.75 Å². The van der Waals surface area contributed by atoms with Gasteiger partial charge in [-0.1, -0.05) is 103 Å². The van der Waals surface area contributed by atoms with Gasteiger partial charge in [-0.25, -0.2) is 0 Å². The van der Waals surface area contributed by atoms with Gasteiger partial charge in [-0.15, -0.1) is 0 Å². The van der Waals surface area contributed by atoms with Crippen LogP contribution in [0.4, 0.5) is 0 Å². The minimum absolute atomic E-state index is 0.303. The first-order valence-electron chi connectivity index (χ1n) is 10.5. The van der Waals surface area contributed by atoms with Crippen LogP contribution >= 0.6 is 0 Å². The lowest BCUT2D eigenvalue weighted by Gasteiger charge is -2.17. The molecule has 0 amide bonds. The van der Waals surface area contributed by atoms with Crippen molar-refractivity contribution in [3.8, 4) is 28.0 Å². The Bertz CT molecular complexity index is 1590. The average Bonchev–Trinajstić information content (AvgIpc) is 2.83. The Kier molecular flexibility index (Phi) is 4.00. The third-order valence-corrected chi connectivity index (χ3v) is 6.15. The molecule has 0 radical (unpaired) electrons. The predicted molar refractivity (Wildman–Crippen MR) is 131 cm³/mol. The maximum atomic E-state index is 11.1. The number of hydrogen-bond donors (Lipinski definition) is 1. The molecule has 0 saturated carbocycles. The Labute approximate surface area is 180 Å². The lowest BCUT2D eigenvalue weighted by molar-refractivity contribution is 0.478. The van der Waals surface area contributed by atoms with E-state index in [1.165, 1.54) is 10.8 Å². The maximum Gasteiger partial charge on any atom is 0.124 e. The van der Waals surface area contributed by atoms with Crippen LogP contribution in [0.5, 0.6) is 5.75 Å². The Morgan fingerprint density at radius 2 is 0.968 bits per heavy atom. The Balaban J connectivity index is 1.76. The molecular formula is C30H20O. The van der Waals surface area contributed by atoms with Crippen LogP contribution in [-0.4, -0.2) is 5.11 Å². The molecule has 6 rings (SSSR count). The van der Waals surface area contributed by atoms with Crippen molar-refractivity contribution in [2.24, 2.45) is 0 Å². The van der Waals surface area contributed by atoms with E-state index in [-0.39, 0.29) is 0 Å². The molecular weight excluding hydrogens is 376 g/mol. The SMILES string of the molecule is Oc1ccc2ccccc2c1-c1c(-c2ccc3ccccc3c2)ccc2ccccc12. The highest BCUT2D eigenvalue weighted by Crippen LogP contribution is 2.45. The number of benzene rings is 6. The largest absolute Gasteiger partial charge is 0.507 e. The third kappa shape index (κ3) is 2.86. The van der Waals surface area contributed by atoms with Gasteiger partial charge in [-0.05, 0) is 55.6 Å². The van der Waals surface area contributed by atoms with Gasteiger partial charge in [0.2, 0.25) is 0 Å². The highest BCUT2D eigenvalue weighted by atomic mass is 16.3. The molecule has 0 heterocycles. The molecule has 1 N–H and O–H groups in total. The van der Waals surface area contributed by atoms with Crippen LogP contribution < -0.4 is 0 Å². The van der Waals surface area contributed by atoms with Gasteiger partial charge in [-0.3, -0.25) is 0 Å². The number of phenolic OH excluding ortho intramolecular Hbond substituents is 1. The van der Waals surface area contributed by atoms with Crippen molar-refractivity contribution in [1.29, 1.82) is 0 Å². The first-order chi connectivity index (χ1) is 15.3. The van der Waals surface area contributed by atoms with E-state index in [1.807, 2.05) is 24.3 Å². The summed E-state index contributed by atoms with van der Waals surface area (Å²) >= 11 is 0. The van der Waals surface area contributed by atoms with Crippen LogP contribution in [0.25, 0.3) is 54.6 Å². The van der Waals surface area contributed by atoms with Crippen LogP contribution in [0.2, 0.25) is 0 Å². The Hall–Kier alpha value is -4.10. The summed E-state index contributed by atoms with van der Waals surface area (Å²) in [4.78, 5) is 0. The summed E-state index contributed by atoms with van der Waals surface area (Å²) < 4.78 is 0. The van der Waals surface area contributed by atoms with Crippen LogP contribution in [0.3, 0.4) is 0 Å².